The van der Waals surface area contributed by atoms with Crippen molar-refractivity contribution < 1.29 is 10.0 Å². The smallest absolute Gasteiger partial charge is 0.186 e. The first-order valence-electron chi connectivity index (χ1n) is 9.13. The van der Waals surface area contributed by atoms with Gasteiger partial charge in [-0.05, 0) is 43.6 Å². The number of thiophene rings is 1. The van der Waals surface area contributed by atoms with Gasteiger partial charge in [0.15, 0.2) is 5.82 Å². The minimum absolute atomic E-state index is 0.201. The third-order valence-electron chi connectivity index (χ3n) is 5.30. The zero-order valence-electron chi connectivity index (χ0n) is 14.3. The zero-order chi connectivity index (χ0) is 16.5. The number of fused-ring (bicyclic) bond motifs is 3. The van der Waals surface area contributed by atoms with Crippen LogP contribution in [0.2, 0.25) is 0 Å². The molecule has 24 heavy (non-hydrogen) atoms. The molecule has 1 aliphatic heterocycles. The van der Waals surface area contributed by atoms with Crippen LogP contribution in [0.3, 0.4) is 0 Å². The summed E-state index contributed by atoms with van der Waals surface area (Å²) in [5, 5.41) is 11.6. The topological polar surface area (TPSA) is 50.5 Å². The molecule has 130 valence electrons. The summed E-state index contributed by atoms with van der Waals surface area (Å²) in [5.74, 6) is 2.57. The fourth-order valence-corrected chi connectivity index (χ4v) is 6.06. The molecule has 1 aliphatic carbocycles. The molecular weight excluding hydrogens is 338 g/mol. The highest BCUT2D eigenvalue weighted by atomic mass is 32.2. The van der Waals surface area contributed by atoms with Crippen molar-refractivity contribution >= 4 is 33.3 Å². The molecule has 4 rings (SSSR count). The molecule has 6 heteroatoms. The summed E-state index contributed by atoms with van der Waals surface area (Å²) in [7, 11) is 0. The second kappa shape index (κ2) is 7.28. The van der Waals surface area contributed by atoms with E-state index in [1.807, 2.05) is 11.3 Å². The molecule has 0 aromatic carbocycles. The van der Waals surface area contributed by atoms with Crippen LogP contribution in [0.4, 0.5) is 0 Å². The van der Waals surface area contributed by atoms with Crippen LogP contribution < -0.4 is 4.90 Å². The first-order chi connectivity index (χ1) is 11.7. The molecule has 2 aliphatic rings. The molecule has 0 bridgehead atoms. The molecule has 2 N–H and O–H groups in total. The molecule has 1 saturated heterocycles. The molecule has 3 heterocycles. The number of nitrogens with one attached hydrogen (secondary N) is 1. The Morgan fingerprint density at radius 1 is 1.25 bits per heavy atom. The van der Waals surface area contributed by atoms with E-state index in [1.165, 1.54) is 65.9 Å². The van der Waals surface area contributed by atoms with Gasteiger partial charge in [0.05, 0.1) is 19.7 Å². The lowest BCUT2D eigenvalue weighted by Crippen LogP contribution is -3.11. The number of rotatable bonds is 5. The Hall–Kier alpha value is -0.690. The van der Waals surface area contributed by atoms with Crippen LogP contribution in [0.15, 0.2) is 5.03 Å². The summed E-state index contributed by atoms with van der Waals surface area (Å²) in [4.78, 5) is 14.2. The normalized spacial score (nSPS) is 23.8. The average molecular weight is 365 g/mol. The highest BCUT2D eigenvalue weighted by Gasteiger charge is 2.24. The number of hydrogen-bond donors (Lipinski definition) is 2. The number of piperidine rings is 1. The summed E-state index contributed by atoms with van der Waals surface area (Å²) in [6.45, 7) is 5.98. The van der Waals surface area contributed by atoms with Gasteiger partial charge in [-0.3, -0.25) is 0 Å². The van der Waals surface area contributed by atoms with Crippen LogP contribution in [0.1, 0.15) is 42.5 Å². The summed E-state index contributed by atoms with van der Waals surface area (Å²) < 4.78 is 0. The predicted molar refractivity (Wildman–Crippen MR) is 100 cm³/mol. The van der Waals surface area contributed by atoms with Gasteiger partial charge >= 0.3 is 0 Å². The van der Waals surface area contributed by atoms with Crippen LogP contribution in [-0.2, 0) is 19.4 Å². The Morgan fingerprint density at radius 2 is 2.08 bits per heavy atom. The molecule has 1 fully saturated rings. The number of thioether (sulfide) groups is 1. The van der Waals surface area contributed by atoms with E-state index in [1.54, 1.807) is 16.7 Å². The van der Waals surface area contributed by atoms with Crippen molar-refractivity contribution in [2.24, 2.45) is 5.92 Å². The van der Waals surface area contributed by atoms with Crippen LogP contribution >= 0.6 is 23.1 Å². The minimum atomic E-state index is 0.201. The Bertz CT molecular complexity index is 723. The lowest BCUT2D eigenvalue weighted by molar-refractivity contribution is -0.920. The Labute approximate surface area is 151 Å². The van der Waals surface area contributed by atoms with Gasteiger partial charge in [-0.25, -0.2) is 9.97 Å². The van der Waals surface area contributed by atoms with Crippen molar-refractivity contribution in [1.29, 1.82) is 0 Å². The molecule has 2 aromatic rings. The van der Waals surface area contributed by atoms with Crippen molar-refractivity contribution in [1.82, 2.24) is 9.97 Å². The number of quaternary nitrogens is 1. The summed E-state index contributed by atoms with van der Waals surface area (Å²) in [5.41, 5.74) is 1.49. The molecule has 2 aromatic heterocycles. The molecule has 0 amide bonds. The monoisotopic (exact) mass is 364 g/mol. The maximum atomic E-state index is 9.23. The fourth-order valence-electron chi connectivity index (χ4n) is 3.90. The third kappa shape index (κ3) is 3.34. The van der Waals surface area contributed by atoms with Crippen LogP contribution in [0.25, 0.3) is 10.2 Å². The predicted octanol–water partition coefficient (Wildman–Crippen LogP) is 2.08. The van der Waals surface area contributed by atoms with Gasteiger partial charge in [0, 0.05) is 16.0 Å². The van der Waals surface area contributed by atoms with E-state index in [2.05, 4.69) is 6.92 Å². The highest BCUT2D eigenvalue weighted by molar-refractivity contribution is 7.99. The SMILES string of the molecule is CC1CC[NH+](Cc2nc(SCCO)c3c4c(sc3n2)CCC4)CC1. The van der Waals surface area contributed by atoms with E-state index in [9.17, 15) is 5.11 Å². The van der Waals surface area contributed by atoms with E-state index in [0.29, 0.717) is 5.75 Å². The van der Waals surface area contributed by atoms with Crippen molar-refractivity contribution in [2.45, 2.75) is 50.6 Å². The molecule has 0 radical (unpaired) electrons. The Balaban J connectivity index is 1.64. The van der Waals surface area contributed by atoms with Gasteiger partial charge in [0.2, 0.25) is 0 Å². The highest BCUT2D eigenvalue weighted by Crippen LogP contribution is 2.40. The van der Waals surface area contributed by atoms with E-state index >= 15 is 0 Å². The van der Waals surface area contributed by atoms with E-state index in [0.717, 1.165) is 23.3 Å². The molecule has 0 spiro atoms. The fraction of sp³-hybridized carbons (Fsp3) is 0.667. The number of nitrogens with zero attached hydrogens (tertiary/aromatic N) is 2. The van der Waals surface area contributed by atoms with Crippen molar-refractivity contribution in [3.8, 4) is 0 Å². The quantitative estimate of drug-likeness (QED) is 0.630. The average Bonchev–Trinajstić information content (AvgIpc) is 3.15. The van der Waals surface area contributed by atoms with Crippen molar-refractivity contribution in [3.05, 3.63) is 16.3 Å². The van der Waals surface area contributed by atoms with Crippen molar-refractivity contribution in [3.63, 3.8) is 0 Å². The lowest BCUT2D eigenvalue weighted by atomic mass is 9.99. The van der Waals surface area contributed by atoms with E-state index in [-0.39, 0.29) is 6.61 Å². The third-order valence-corrected chi connectivity index (χ3v) is 7.44. The van der Waals surface area contributed by atoms with Gasteiger partial charge < -0.3 is 10.0 Å². The van der Waals surface area contributed by atoms with E-state index < -0.39 is 0 Å². The first kappa shape index (κ1) is 16.8. The number of aromatic nitrogens is 2. The van der Waals surface area contributed by atoms with Gasteiger partial charge in [0.1, 0.15) is 16.4 Å². The zero-order valence-corrected chi connectivity index (χ0v) is 15.9. The molecule has 0 atom stereocenters. The van der Waals surface area contributed by atoms with Gasteiger partial charge in [0.25, 0.3) is 0 Å². The molecular formula is C18H26N3OS2+. The van der Waals surface area contributed by atoms with Gasteiger partial charge in [-0.15, -0.1) is 23.1 Å². The van der Waals surface area contributed by atoms with Crippen LogP contribution in [-0.4, -0.2) is 40.5 Å². The number of hydrogen-bond acceptors (Lipinski definition) is 5. The summed E-state index contributed by atoms with van der Waals surface area (Å²) in [6, 6.07) is 0. The first-order valence-corrected chi connectivity index (χ1v) is 10.9. The number of aliphatic hydroxyl groups is 1. The largest absolute Gasteiger partial charge is 0.396 e. The Kier molecular flexibility index (Phi) is 5.08. The second-order valence-electron chi connectivity index (χ2n) is 7.16. The maximum Gasteiger partial charge on any atom is 0.186 e. The summed E-state index contributed by atoms with van der Waals surface area (Å²) >= 11 is 3.57. The molecule has 0 saturated carbocycles. The van der Waals surface area contributed by atoms with E-state index in [4.69, 9.17) is 9.97 Å². The minimum Gasteiger partial charge on any atom is -0.396 e. The number of aryl methyl sites for hydroxylation is 2. The molecule has 4 nitrogen and oxygen atoms in total. The van der Waals surface area contributed by atoms with Gasteiger partial charge in [-0.2, -0.15) is 0 Å². The Morgan fingerprint density at radius 3 is 2.88 bits per heavy atom. The van der Waals surface area contributed by atoms with Gasteiger partial charge in [-0.1, -0.05) is 6.92 Å². The van der Waals surface area contributed by atoms with Crippen molar-refractivity contribution in [2.75, 3.05) is 25.4 Å². The standard InChI is InChI=1S/C18H25N3OS2/c1-12-5-7-21(8-6-12)11-15-19-17(23-10-9-22)16-13-3-2-4-14(13)24-18(16)20-15/h12,22H,2-11H2,1H3/p+1. The van der Waals surface area contributed by atoms with Crippen LogP contribution in [0, 0.1) is 5.92 Å². The summed E-state index contributed by atoms with van der Waals surface area (Å²) in [6.07, 6.45) is 6.26. The maximum absolute atomic E-state index is 9.23. The number of aliphatic hydroxyl groups excluding tert-OH is 1. The molecule has 0 unspecified atom stereocenters. The second-order valence-corrected chi connectivity index (χ2v) is 9.33. The number of likely N-dealkylation sites (tertiary alicyclic amines) is 1. The van der Waals surface area contributed by atoms with Crippen LogP contribution in [0.5, 0.6) is 0 Å². The lowest BCUT2D eigenvalue weighted by Gasteiger charge is -2.26.